The van der Waals surface area contributed by atoms with Crippen LogP contribution in [0.4, 0.5) is 0 Å². The average Bonchev–Trinajstić information content (AvgIpc) is 3.16. The fourth-order valence-corrected chi connectivity index (χ4v) is 3.62. The number of benzene rings is 1. The van der Waals surface area contributed by atoms with Crippen LogP contribution < -0.4 is 11.1 Å². The minimum atomic E-state index is -0.226. The maximum absolute atomic E-state index is 12.5. The number of nitrogens with zero attached hydrogens (tertiary/aromatic N) is 2. The van der Waals surface area contributed by atoms with E-state index in [-0.39, 0.29) is 11.4 Å². The Hall–Kier alpha value is -1.66. The molecule has 0 atom stereocenters. The highest BCUT2D eigenvalue weighted by Crippen LogP contribution is 2.29. The van der Waals surface area contributed by atoms with Crippen molar-refractivity contribution in [1.29, 1.82) is 0 Å². The van der Waals surface area contributed by atoms with Crippen molar-refractivity contribution in [2.75, 3.05) is 6.54 Å². The van der Waals surface area contributed by atoms with Crippen LogP contribution in [-0.4, -0.2) is 27.8 Å². The number of carbonyl (C=O) groups excluding carboxylic acids is 1. The molecule has 128 valence electrons. The van der Waals surface area contributed by atoms with Crippen molar-refractivity contribution in [3.05, 3.63) is 45.7 Å². The number of hydrogen-bond acceptors (Lipinski definition) is 3. The summed E-state index contributed by atoms with van der Waals surface area (Å²) in [6, 6.07) is 7.53. The van der Waals surface area contributed by atoms with E-state index in [4.69, 9.17) is 5.73 Å². The van der Waals surface area contributed by atoms with E-state index in [9.17, 15) is 4.79 Å². The van der Waals surface area contributed by atoms with Crippen LogP contribution in [0.2, 0.25) is 0 Å². The lowest BCUT2D eigenvalue weighted by Gasteiger charge is -2.28. The quantitative estimate of drug-likeness (QED) is 0.841. The van der Waals surface area contributed by atoms with Gasteiger partial charge in [0.1, 0.15) is 0 Å². The van der Waals surface area contributed by atoms with Gasteiger partial charge in [0.2, 0.25) is 0 Å². The number of halogens is 1. The van der Waals surface area contributed by atoms with Crippen molar-refractivity contribution in [3.63, 3.8) is 0 Å². The van der Waals surface area contributed by atoms with Gasteiger partial charge in [-0.25, -0.2) is 4.68 Å². The maximum Gasteiger partial charge on any atom is 0.251 e. The summed E-state index contributed by atoms with van der Waals surface area (Å²) in [4.78, 5) is 12.5. The molecule has 0 radical (unpaired) electrons. The SMILES string of the molecule is Cc1nn(-c2ccc(C(=O)NC3(CN)CCCC3)cc2)c(C)c1Br. The summed E-state index contributed by atoms with van der Waals surface area (Å²) in [7, 11) is 0. The Morgan fingerprint density at radius 2 is 1.92 bits per heavy atom. The van der Waals surface area contributed by atoms with Gasteiger partial charge in [0.15, 0.2) is 0 Å². The third-order valence-corrected chi connectivity index (χ3v) is 6.05. The summed E-state index contributed by atoms with van der Waals surface area (Å²) in [5.41, 5.74) is 9.25. The first kappa shape index (κ1) is 17.2. The minimum absolute atomic E-state index is 0.0524. The Labute approximate surface area is 150 Å². The lowest BCUT2D eigenvalue weighted by atomic mass is 9.97. The second-order valence-corrected chi connectivity index (χ2v) is 7.38. The van der Waals surface area contributed by atoms with Gasteiger partial charge in [0, 0.05) is 12.1 Å². The van der Waals surface area contributed by atoms with Gasteiger partial charge in [-0.1, -0.05) is 12.8 Å². The van der Waals surface area contributed by atoms with Crippen LogP contribution in [0.15, 0.2) is 28.7 Å². The normalized spacial score (nSPS) is 16.3. The van der Waals surface area contributed by atoms with Gasteiger partial charge in [0.05, 0.1) is 27.1 Å². The van der Waals surface area contributed by atoms with Crippen molar-refractivity contribution in [2.24, 2.45) is 5.73 Å². The Morgan fingerprint density at radius 3 is 2.42 bits per heavy atom. The van der Waals surface area contributed by atoms with E-state index in [1.807, 2.05) is 42.8 Å². The first-order valence-corrected chi connectivity index (χ1v) is 9.10. The number of nitrogens with one attached hydrogen (secondary N) is 1. The highest BCUT2D eigenvalue weighted by molar-refractivity contribution is 9.10. The highest BCUT2D eigenvalue weighted by Gasteiger charge is 2.34. The van der Waals surface area contributed by atoms with Crippen LogP contribution in [0.25, 0.3) is 5.69 Å². The van der Waals surface area contributed by atoms with Crippen LogP contribution in [0.1, 0.15) is 47.4 Å². The molecule has 0 unspecified atom stereocenters. The molecule has 24 heavy (non-hydrogen) atoms. The number of nitrogens with two attached hydrogens (primary N) is 1. The zero-order valence-electron chi connectivity index (χ0n) is 14.1. The molecule has 0 bridgehead atoms. The van der Waals surface area contributed by atoms with Crippen LogP contribution in [-0.2, 0) is 0 Å². The second-order valence-electron chi connectivity index (χ2n) is 6.59. The number of aromatic nitrogens is 2. The summed E-state index contributed by atoms with van der Waals surface area (Å²) < 4.78 is 2.88. The van der Waals surface area contributed by atoms with Crippen molar-refractivity contribution in [2.45, 2.75) is 45.1 Å². The number of amides is 1. The predicted molar refractivity (Wildman–Crippen MR) is 98.5 cm³/mol. The lowest BCUT2D eigenvalue weighted by molar-refractivity contribution is 0.0903. The highest BCUT2D eigenvalue weighted by atomic mass is 79.9. The Balaban J connectivity index is 1.79. The molecular formula is C18H23BrN4O. The van der Waals surface area contributed by atoms with Gasteiger partial charge in [-0.3, -0.25) is 4.79 Å². The number of carbonyl (C=O) groups is 1. The number of hydrogen-bond donors (Lipinski definition) is 2. The molecule has 3 N–H and O–H groups in total. The third kappa shape index (κ3) is 3.13. The zero-order chi connectivity index (χ0) is 17.3. The van der Waals surface area contributed by atoms with E-state index >= 15 is 0 Å². The minimum Gasteiger partial charge on any atom is -0.345 e. The molecule has 1 amide bonds. The van der Waals surface area contributed by atoms with Crippen molar-refractivity contribution in [1.82, 2.24) is 15.1 Å². The summed E-state index contributed by atoms with van der Waals surface area (Å²) in [6.07, 6.45) is 4.19. The predicted octanol–water partition coefficient (Wildman–Crippen LogP) is 3.25. The third-order valence-electron chi connectivity index (χ3n) is 4.91. The zero-order valence-corrected chi connectivity index (χ0v) is 15.7. The molecule has 1 heterocycles. The van der Waals surface area contributed by atoms with Crippen LogP contribution in [0.5, 0.6) is 0 Å². The van der Waals surface area contributed by atoms with Crippen molar-refractivity contribution in [3.8, 4) is 5.69 Å². The van der Waals surface area contributed by atoms with E-state index in [0.717, 1.165) is 47.2 Å². The van der Waals surface area contributed by atoms with E-state index in [0.29, 0.717) is 12.1 Å². The van der Waals surface area contributed by atoms with E-state index < -0.39 is 0 Å². The second kappa shape index (κ2) is 6.69. The standard InChI is InChI=1S/C18H23BrN4O/c1-12-16(19)13(2)23(22-12)15-7-5-14(6-8-15)17(24)21-18(11-20)9-3-4-10-18/h5-8H,3-4,9-11,20H2,1-2H3,(H,21,24). The van der Waals surface area contributed by atoms with Gasteiger partial charge in [-0.15, -0.1) is 0 Å². The Kier molecular flexibility index (Phi) is 4.78. The molecule has 1 aliphatic carbocycles. The smallest absolute Gasteiger partial charge is 0.251 e. The maximum atomic E-state index is 12.5. The van der Waals surface area contributed by atoms with Gasteiger partial charge in [0.25, 0.3) is 5.91 Å². The van der Waals surface area contributed by atoms with Gasteiger partial charge >= 0.3 is 0 Å². The van der Waals surface area contributed by atoms with E-state index in [1.165, 1.54) is 0 Å². The molecule has 0 aliphatic heterocycles. The molecule has 1 aliphatic rings. The van der Waals surface area contributed by atoms with Gasteiger partial charge in [-0.2, -0.15) is 5.10 Å². The summed E-state index contributed by atoms with van der Waals surface area (Å²) >= 11 is 3.54. The largest absolute Gasteiger partial charge is 0.345 e. The molecule has 6 heteroatoms. The molecular weight excluding hydrogens is 368 g/mol. The molecule has 5 nitrogen and oxygen atoms in total. The Bertz CT molecular complexity index is 745. The first-order chi connectivity index (χ1) is 11.5. The fraction of sp³-hybridized carbons (Fsp3) is 0.444. The van der Waals surface area contributed by atoms with Crippen LogP contribution in [0, 0.1) is 13.8 Å². The average molecular weight is 391 g/mol. The summed E-state index contributed by atoms with van der Waals surface area (Å²) in [6.45, 7) is 4.47. The van der Waals surface area contributed by atoms with E-state index in [1.54, 1.807) is 0 Å². The molecule has 0 spiro atoms. The topological polar surface area (TPSA) is 72.9 Å². The first-order valence-electron chi connectivity index (χ1n) is 8.30. The summed E-state index contributed by atoms with van der Waals surface area (Å²) in [5.74, 6) is -0.0524. The molecule has 1 aromatic heterocycles. The molecule has 2 aromatic rings. The van der Waals surface area contributed by atoms with Crippen LogP contribution >= 0.6 is 15.9 Å². The molecule has 1 fully saturated rings. The van der Waals surface area contributed by atoms with Crippen molar-refractivity contribution < 1.29 is 4.79 Å². The van der Waals surface area contributed by atoms with E-state index in [2.05, 4.69) is 26.3 Å². The van der Waals surface area contributed by atoms with Crippen LogP contribution in [0.3, 0.4) is 0 Å². The lowest BCUT2D eigenvalue weighted by Crippen LogP contribution is -2.51. The Morgan fingerprint density at radius 1 is 1.29 bits per heavy atom. The van der Waals surface area contributed by atoms with Gasteiger partial charge < -0.3 is 11.1 Å². The number of aryl methyl sites for hydroxylation is 1. The monoisotopic (exact) mass is 390 g/mol. The summed E-state index contributed by atoms with van der Waals surface area (Å²) in [5, 5.41) is 7.66. The molecule has 3 rings (SSSR count). The number of rotatable bonds is 4. The molecule has 1 saturated carbocycles. The van der Waals surface area contributed by atoms with Gasteiger partial charge in [-0.05, 0) is 66.9 Å². The fourth-order valence-electron chi connectivity index (χ4n) is 3.37. The molecule has 1 aromatic carbocycles. The molecule has 0 saturated heterocycles. The van der Waals surface area contributed by atoms with Crippen molar-refractivity contribution >= 4 is 21.8 Å².